The second kappa shape index (κ2) is 60.2. The van der Waals surface area contributed by atoms with Gasteiger partial charge < -0.3 is 41.0 Å². The van der Waals surface area contributed by atoms with E-state index in [9.17, 15) is 29.4 Å². The number of para-hydroxylation sites is 1. The number of ether oxygens (including phenoxy) is 1. The second-order valence-corrected chi connectivity index (χ2v) is 26.9. The molecule has 5 heterocycles. The van der Waals surface area contributed by atoms with Crippen LogP contribution in [0.2, 0.25) is 0 Å². The Hall–Kier alpha value is -7.63. The SMILES string of the molecule is C1CNCCN1.C=CCC1CCCC(C=O)C1O.C=CCc1cccc(/C=N/NC(=O)CN2CCN(Cc3ccccc3)CC2)c1O.CCOC(=O)CCl.ClCc1ccccc1.NN.NNC(=O)CN1CCN(Cc2ccccc2)CC1.c1ccc(CN2CCNCC2)cc1.c1ccc(CN2CCNCC2)cc1. The number of rotatable bonds is 22. The van der Waals surface area contributed by atoms with Crippen LogP contribution >= 0.6 is 23.2 Å². The van der Waals surface area contributed by atoms with E-state index < -0.39 is 6.10 Å². The highest BCUT2D eigenvalue weighted by atomic mass is 35.5. The fourth-order valence-corrected chi connectivity index (χ4v) is 12.6. The number of aromatic hydroxyl groups is 1. The maximum Gasteiger partial charge on any atom is 0.320 e. The lowest BCUT2D eigenvalue weighted by Crippen LogP contribution is -2.49. The number of aliphatic hydroxyl groups excluding tert-OH is 1. The van der Waals surface area contributed by atoms with Gasteiger partial charge in [-0.15, -0.1) is 36.4 Å². The Morgan fingerprint density at radius 2 is 0.926 bits per heavy atom. The summed E-state index contributed by atoms with van der Waals surface area (Å²) in [6.07, 6.45) is 9.81. The summed E-state index contributed by atoms with van der Waals surface area (Å²) in [6, 6.07) is 57.7. The number of aliphatic hydroxyl groups is 1. The van der Waals surface area contributed by atoms with E-state index in [2.05, 4.69) is 205 Å². The molecule has 2 amide bonds. The number of benzene rings is 6. The molecule has 6 aromatic rings. The number of nitrogens with zero attached hydrogens (tertiary/aromatic N) is 7. The van der Waals surface area contributed by atoms with Crippen molar-refractivity contribution in [3.05, 3.63) is 234 Å². The average molecular weight is 1530 g/mol. The van der Waals surface area contributed by atoms with E-state index in [-0.39, 0.29) is 41.2 Å². The predicted octanol–water partition coefficient (Wildman–Crippen LogP) is 7.12. The van der Waals surface area contributed by atoms with E-state index in [0.29, 0.717) is 37.6 Å². The minimum Gasteiger partial charge on any atom is -0.507 e. The molecule has 0 aromatic heterocycles. The van der Waals surface area contributed by atoms with Gasteiger partial charge in [0.2, 0.25) is 5.91 Å². The van der Waals surface area contributed by atoms with Gasteiger partial charge in [0.05, 0.1) is 32.0 Å². The quantitative estimate of drug-likeness (QED) is 0.00471. The fraction of sp³-hybridized carbons (Fsp3) is 0.458. The van der Waals surface area contributed by atoms with E-state index in [1.54, 1.807) is 19.1 Å². The number of hydrogen-bond acceptors (Lipinski definition) is 21. The van der Waals surface area contributed by atoms with Gasteiger partial charge in [0, 0.05) is 174 Å². The Labute approximate surface area is 653 Å². The number of carbonyl (C=O) groups is 4. The predicted molar refractivity (Wildman–Crippen MR) is 441 cm³/mol. The molecule has 3 atom stereocenters. The largest absolute Gasteiger partial charge is 0.507 e. The average Bonchev–Trinajstić information content (AvgIpc) is 0.869. The maximum atomic E-state index is 12.2. The van der Waals surface area contributed by atoms with E-state index in [1.807, 2.05) is 60.7 Å². The van der Waals surface area contributed by atoms with Gasteiger partial charge in [-0.3, -0.25) is 60.9 Å². The Morgan fingerprint density at radius 1 is 0.537 bits per heavy atom. The highest BCUT2D eigenvalue weighted by Gasteiger charge is 2.30. The Bertz CT molecular complexity index is 3230. The first-order chi connectivity index (χ1) is 52.9. The standard InChI is InChI=1S/C23H28N4O2.C13H20N4O.2C11H16N2.C10H16O2.C7H7Cl.C4H7ClO2.C4H10N2.H4N2/c1-2-7-20-10-6-11-21(23(20)29)16-24-25-22(28)18-27-14-12-26(13-15-27)17-19-8-4-3-5-9-19;14-15-13(18)11-17-8-6-16(7-9-17)10-12-4-2-1-3-5-12;2*1-2-4-11(5-3-1)10-13-8-6-12-7-9-13;1-2-4-8-5-3-6-9(7-11)10(8)12;8-6-7-4-2-1-3-5-7;1-2-7-4(6)3-5;1-2-6-4-3-5-1;1-2/h2-6,8-11,16,29H,1,7,12-15,17-18H2,(H,25,28);1-5H,6-11,14H2,(H,15,18);2*1-5,12H,6-10H2;2,7-10,12H,1,3-6H2;1-5H,6H2;2-3H2,1H3;5-6H,1-4H2;1-2H2/b24-16+;;;;;;;;. The number of hydrazine groups is 2. The molecule has 23 nitrogen and oxygen atoms in total. The number of nitrogens with one attached hydrogen (secondary N) is 6. The molecular weight excluding hydrogens is 1400 g/mol. The van der Waals surface area contributed by atoms with Gasteiger partial charge in [0.15, 0.2) is 0 Å². The van der Waals surface area contributed by atoms with Gasteiger partial charge in [0.1, 0.15) is 17.9 Å². The van der Waals surface area contributed by atoms with Crippen LogP contribution in [0, 0.1) is 11.8 Å². The van der Waals surface area contributed by atoms with Crippen LogP contribution < -0.4 is 49.6 Å². The number of nitrogens with two attached hydrogens (primary N) is 3. The number of hydrazone groups is 1. The molecule has 592 valence electrons. The summed E-state index contributed by atoms with van der Waals surface area (Å²) in [5.41, 5.74) is 12.7. The van der Waals surface area contributed by atoms with Crippen LogP contribution in [0.1, 0.15) is 71.6 Å². The zero-order valence-electron chi connectivity index (χ0n) is 63.7. The first kappa shape index (κ1) is 92.8. The molecule has 14 N–H and O–H groups in total. The zero-order valence-corrected chi connectivity index (χ0v) is 65.2. The number of phenolic OH excluding ortho intramolecular Hbond substituents is 1. The number of hydrogen-bond donors (Lipinski definition) is 11. The second-order valence-electron chi connectivity index (χ2n) is 26.4. The molecule has 6 aromatic carbocycles. The van der Waals surface area contributed by atoms with Gasteiger partial charge in [-0.1, -0.05) is 182 Å². The molecule has 108 heavy (non-hydrogen) atoms. The molecule has 0 bridgehead atoms. The van der Waals surface area contributed by atoms with Crippen LogP contribution in [0.3, 0.4) is 0 Å². The molecule has 12 rings (SSSR count). The summed E-state index contributed by atoms with van der Waals surface area (Å²) in [7, 11) is 0. The smallest absolute Gasteiger partial charge is 0.320 e. The fourth-order valence-electron chi connectivity index (χ4n) is 12.3. The molecule has 6 fully saturated rings. The number of halogens is 2. The Morgan fingerprint density at radius 3 is 1.27 bits per heavy atom. The van der Waals surface area contributed by atoms with E-state index in [0.717, 1.165) is 168 Å². The van der Waals surface area contributed by atoms with Gasteiger partial charge in [-0.25, -0.2) is 11.3 Å². The number of phenols is 1. The van der Waals surface area contributed by atoms with Crippen molar-refractivity contribution in [2.75, 3.05) is 156 Å². The molecule has 1 saturated carbocycles. The molecular formula is C83H124Cl2N16O7. The van der Waals surface area contributed by atoms with E-state index in [4.69, 9.17) is 29.0 Å². The number of carbonyl (C=O) groups excluding carboxylic acids is 4. The molecule has 0 radical (unpaired) electrons. The first-order valence-electron chi connectivity index (χ1n) is 37.8. The van der Waals surface area contributed by atoms with Gasteiger partial charge in [0.25, 0.3) is 5.91 Å². The van der Waals surface area contributed by atoms with Crippen LogP contribution in [0.4, 0.5) is 0 Å². The highest BCUT2D eigenvalue weighted by Crippen LogP contribution is 2.30. The van der Waals surface area contributed by atoms with Crippen LogP contribution in [0.15, 0.2) is 200 Å². The monoisotopic (exact) mass is 1530 g/mol. The van der Waals surface area contributed by atoms with Crippen LogP contribution in [-0.4, -0.2) is 232 Å². The molecule has 5 saturated heterocycles. The maximum absolute atomic E-state index is 12.2. The summed E-state index contributed by atoms with van der Waals surface area (Å²) in [5.74, 6) is 13.3. The van der Waals surface area contributed by atoms with Gasteiger partial charge in [-0.05, 0) is 78.0 Å². The molecule has 0 spiro atoms. The van der Waals surface area contributed by atoms with Crippen molar-refractivity contribution in [3.8, 4) is 5.75 Å². The van der Waals surface area contributed by atoms with Crippen LogP contribution in [0.5, 0.6) is 5.75 Å². The molecule has 5 aliphatic heterocycles. The van der Waals surface area contributed by atoms with Crippen molar-refractivity contribution in [2.24, 2.45) is 34.5 Å². The van der Waals surface area contributed by atoms with E-state index in [1.165, 1.54) is 60.2 Å². The summed E-state index contributed by atoms with van der Waals surface area (Å²) < 4.78 is 4.42. The third kappa shape index (κ3) is 41.8. The number of alkyl halides is 2. The Balaban J connectivity index is 0.000000273. The number of amides is 2. The molecule has 1 aliphatic carbocycles. The van der Waals surface area contributed by atoms with Crippen molar-refractivity contribution in [3.63, 3.8) is 0 Å². The molecule has 6 aliphatic rings. The lowest BCUT2D eigenvalue weighted by Gasteiger charge is -2.34. The molecule has 3 unspecified atom stereocenters. The number of esters is 1. The first-order valence-corrected chi connectivity index (χ1v) is 38.9. The minimum atomic E-state index is -0.436. The highest BCUT2D eigenvalue weighted by molar-refractivity contribution is 6.26. The topological polar surface area (TPSA) is 300 Å². The van der Waals surface area contributed by atoms with E-state index >= 15 is 0 Å². The van der Waals surface area contributed by atoms with Crippen molar-refractivity contribution < 1.29 is 34.1 Å². The van der Waals surface area contributed by atoms with Crippen molar-refractivity contribution in [1.29, 1.82) is 0 Å². The van der Waals surface area contributed by atoms with Crippen molar-refractivity contribution in [1.82, 2.24) is 61.5 Å². The van der Waals surface area contributed by atoms with Crippen LogP contribution in [0.25, 0.3) is 0 Å². The summed E-state index contributed by atoms with van der Waals surface area (Å²) in [6.45, 7) is 35.5. The summed E-state index contributed by atoms with van der Waals surface area (Å²) in [4.78, 5) is 58.0. The number of allylic oxidation sites excluding steroid dienone is 2. The Kier molecular flexibility index (Phi) is 51.7. The third-order valence-corrected chi connectivity index (χ3v) is 18.7. The summed E-state index contributed by atoms with van der Waals surface area (Å²) >= 11 is 10.6. The lowest BCUT2D eigenvalue weighted by molar-refractivity contribution is -0.140. The number of piperazine rings is 5. The van der Waals surface area contributed by atoms with Crippen molar-refractivity contribution >= 4 is 53.5 Å². The summed E-state index contributed by atoms with van der Waals surface area (Å²) in [5, 5.41) is 37.0. The van der Waals surface area contributed by atoms with Gasteiger partial charge >= 0.3 is 5.97 Å². The van der Waals surface area contributed by atoms with Gasteiger partial charge in [-0.2, -0.15) is 5.10 Å². The minimum absolute atomic E-state index is 0.0478. The third-order valence-electron chi connectivity index (χ3n) is 18.2. The zero-order chi connectivity index (χ0) is 77.9. The van der Waals surface area contributed by atoms with Crippen molar-refractivity contribution in [2.45, 2.75) is 77.2 Å². The molecule has 25 heteroatoms. The number of aldehydes is 1. The normalized spacial score (nSPS) is 18.2. The lowest BCUT2D eigenvalue weighted by atomic mass is 9.78. The van der Waals surface area contributed by atoms with Crippen LogP contribution in [-0.2, 0) is 62.4 Å².